The first kappa shape index (κ1) is 24.6. The van der Waals surface area contributed by atoms with Crippen LogP contribution < -0.4 is 10.2 Å². The van der Waals surface area contributed by atoms with E-state index in [1.54, 1.807) is 17.9 Å². The molecule has 164 valence electrons. The van der Waals surface area contributed by atoms with E-state index < -0.39 is 11.4 Å². The molecule has 9 heteroatoms. The highest BCUT2D eigenvalue weighted by molar-refractivity contribution is 14.1. The lowest BCUT2D eigenvalue weighted by Crippen LogP contribution is -2.29. The second kappa shape index (κ2) is 10.6. The van der Waals surface area contributed by atoms with Gasteiger partial charge in [0, 0.05) is 44.6 Å². The topological polar surface area (TPSA) is 90.7 Å². The molecule has 0 fully saturated rings. The summed E-state index contributed by atoms with van der Waals surface area (Å²) >= 11 is 8.39. The molecule has 1 atom stereocenters. The normalized spacial score (nSPS) is 12.6. The number of carboxylic acid groups (broad SMARTS) is 1. The van der Waals surface area contributed by atoms with E-state index in [0.29, 0.717) is 30.5 Å². The number of hydrogen-bond acceptors (Lipinski definition) is 5. The van der Waals surface area contributed by atoms with Crippen LogP contribution in [0.25, 0.3) is 0 Å². The number of hydrogen-bond donors (Lipinski definition) is 1. The van der Waals surface area contributed by atoms with Crippen LogP contribution in [-0.2, 0) is 11.2 Å². The molecule has 1 N–H and O–H groups in total. The molecule has 0 aromatic carbocycles. The zero-order valence-corrected chi connectivity index (χ0v) is 20.4. The van der Waals surface area contributed by atoms with Crippen molar-refractivity contribution in [2.24, 2.45) is 5.41 Å². The summed E-state index contributed by atoms with van der Waals surface area (Å²) in [4.78, 5) is 27.7. The molecular formula is C21H26ClIN2O5. The quantitative estimate of drug-likeness (QED) is 0.283. The van der Waals surface area contributed by atoms with E-state index in [9.17, 15) is 14.7 Å². The molecule has 0 aliphatic rings. The van der Waals surface area contributed by atoms with Crippen LogP contribution in [0.3, 0.4) is 0 Å². The summed E-state index contributed by atoms with van der Waals surface area (Å²) < 4.78 is 13.3. The summed E-state index contributed by atoms with van der Waals surface area (Å²) in [6.45, 7) is 7.24. The second-order valence-electron chi connectivity index (χ2n) is 7.98. The fourth-order valence-corrected chi connectivity index (χ4v) is 3.99. The largest absolute Gasteiger partial charge is 0.490 e. The predicted molar refractivity (Wildman–Crippen MR) is 124 cm³/mol. The van der Waals surface area contributed by atoms with E-state index >= 15 is 0 Å². The highest BCUT2D eigenvalue weighted by Crippen LogP contribution is 2.36. The smallest absolute Gasteiger partial charge is 0.341 e. The Labute approximate surface area is 194 Å². The number of carbonyl (C=O) groups is 1. The van der Waals surface area contributed by atoms with E-state index in [0.717, 1.165) is 15.7 Å². The Bertz CT molecular complexity index is 955. The number of rotatable bonds is 9. The van der Waals surface area contributed by atoms with Crippen LogP contribution in [-0.4, -0.2) is 41.0 Å². The zero-order chi connectivity index (χ0) is 22.5. The molecule has 0 aliphatic carbocycles. The van der Waals surface area contributed by atoms with E-state index in [1.165, 1.54) is 12.3 Å². The third-order valence-electron chi connectivity index (χ3n) is 4.67. The van der Waals surface area contributed by atoms with Crippen molar-refractivity contribution in [2.45, 2.75) is 39.7 Å². The number of methoxy groups -OCH3 is 1. The number of halogens is 2. The van der Waals surface area contributed by atoms with Gasteiger partial charge in [0.2, 0.25) is 0 Å². The average molecular weight is 549 g/mol. The Morgan fingerprint density at radius 1 is 1.37 bits per heavy atom. The minimum Gasteiger partial charge on any atom is -0.490 e. The van der Waals surface area contributed by atoms with E-state index in [-0.39, 0.29) is 17.0 Å². The molecule has 0 spiro atoms. The van der Waals surface area contributed by atoms with Gasteiger partial charge in [-0.25, -0.2) is 9.78 Å². The van der Waals surface area contributed by atoms with Crippen molar-refractivity contribution in [3.8, 4) is 5.75 Å². The van der Waals surface area contributed by atoms with Crippen molar-refractivity contribution in [3.63, 3.8) is 0 Å². The lowest BCUT2D eigenvalue weighted by Gasteiger charge is -2.33. The lowest BCUT2D eigenvalue weighted by molar-refractivity contribution is 0.0693. The summed E-state index contributed by atoms with van der Waals surface area (Å²) in [6.07, 6.45) is 4.32. The molecule has 0 amide bonds. The van der Waals surface area contributed by atoms with Crippen molar-refractivity contribution < 1.29 is 19.4 Å². The maximum atomic E-state index is 11.9. The molecule has 7 nitrogen and oxygen atoms in total. The van der Waals surface area contributed by atoms with Crippen LogP contribution >= 0.6 is 34.2 Å². The first-order chi connectivity index (χ1) is 14.0. The Hall–Kier alpha value is -1.65. The Morgan fingerprint density at radius 3 is 2.67 bits per heavy atom. The molecule has 2 aromatic heterocycles. The van der Waals surface area contributed by atoms with Gasteiger partial charge in [-0.2, -0.15) is 0 Å². The SMILES string of the molecule is COCCCOc1cc(CC(n2ccc(=O)c(C(=O)O)c2)C(C)(C)C)c(I)nc1Cl. The van der Waals surface area contributed by atoms with E-state index in [1.807, 2.05) is 6.07 Å². The van der Waals surface area contributed by atoms with E-state index in [4.69, 9.17) is 21.1 Å². The number of aromatic carboxylic acids is 1. The summed E-state index contributed by atoms with van der Waals surface area (Å²) in [5, 5.41) is 9.63. The first-order valence-electron chi connectivity index (χ1n) is 9.46. The van der Waals surface area contributed by atoms with Crippen molar-refractivity contribution in [1.29, 1.82) is 0 Å². The van der Waals surface area contributed by atoms with E-state index in [2.05, 4.69) is 48.3 Å². The van der Waals surface area contributed by atoms with Crippen LogP contribution in [0.15, 0.2) is 29.3 Å². The molecule has 2 rings (SSSR count). The maximum absolute atomic E-state index is 11.9. The van der Waals surface area contributed by atoms with Gasteiger partial charge in [0.15, 0.2) is 16.3 Å². The molecule has 1 unspecified atom stereocenters. The molecule has 30 heavy (non-hydrogen) atoms. The predicted octanol–water partition coefficient (Wildman–Crippen LogP) is 4.44. The summed E-state index contributed by atoms with van der Waals surface area (Å²) in [7, 11) is 1.64. The standard InChI is InChI=1S/C21H26ClIN2O5/c1-21(2,3)17(25-7-6-15(26)14(12-25)20(27)28)11-13-10-16(18(22)24-19(13)23)30-9-5-8-29-4/h6-7,10,12,17H,5,8-9,11H2,1-4H3,(H,27,28). The Morgan fingerprint density at radius 2 is 2.07 bits per heavy atom. The van der Waals surface area contributed by atoms with Crippen molar-refractivity contribution in [2.75, 3.05) is 20.3 Å². The summed E-state index contributed by atoms with van der Waals surface area (Å²) in [5.74, 6) is -0.738. The van der Waals surface area contributed by atoms with Crippen LogP contribution in [0.2, 0.25) is 5.15 Å². The maximum Gasteiger partial charge on any atom is 0.341 e. The zero-order valence-electron chi connectivity index (χ0n) is 17.4. The monoisotopic (exact) mass is 548 g/mol. The minimum absolute atomic E-state index is 0.131. The molecular weight excluding hydrogens is 523 g/mol. The third kappa shape index (κ3) is 6.42. The second-order valence-corrected chi connectivity index (χ2v) is 9.36. The molecule has 0 aliphatic heterocycles. The average Bonchev–Trinajstić information content (AvgIpc) is 2.65. The number of pyridine rings is 2. The van der Waals surface area contributed by atoms with Crippen LogP contribution in [0.1, 0.15) is 49.2 Å². The fourth-order valence-electron chi connectivity index (χ4n) is 3.04. The summed E-state index contributed by atoms with van der Waals surface area (Å²) in [6, 6.07) is 3.04. The van der Waals surface area contributed by atoms with Crippen LogP contribution in [0.5, 0.6) is 5.75 Å². The third-order valence-corrected chi connectivity index (χ3v) is 5.87. The van der Waals surface area contributed by atoms with Crippen LogP contribution in [0, 0.1) is 9.12 Å². The van der Waals surface area contributed by atoms with Gasteiger partial charge in [0.25, 0.3) is 0 Å². The van der Waals surface area contributed by atoms with Gasteiger partial charge in [-0.15, -0.1) is 0 Å². The number of nitrogens with zero attached hydrogens (tertiary/aromatic N) is 2. The number of carboxylic acids is 1. The molecule has 2 heterocycles. The van der Waals surface area contributed by atoms with Gasteiger partial charge in [-0.1, -0.05) is 32.4 Å². The van der Waals surface area contributed by atoms with Gasteiger partial charge < -0.3 is 19.1 Å². The van der Waals surface area contributed by atoms with Gasteiger partial charge in [0.05, 0.1) is 6.61 Å². The number of ether oxygens (including phenoxy) is 2. The molecule has 0 saturated carbocycles. The molecule has 0 saturated heterocycles. The summed E-state index contributed by atoms with van der Waals surface area (Å²) in [5.41, 5.74) is -0.0662. The highest BCUT2D eigenvalue weighted by Gasteiger charge is 2.28. The fraction of sp³-hybridized carbons (Fsp3) is 0.476. The Kier molecular flexibility index (Phi) is 8.69. The highest BCUT2D eigenvalue weighted by atomic mass is 127. The first-order valence-corrected chi connectivity index (χ1v) is 10.9. The molecule has 2 aromatic rings. The van der Waals surface area contributed by atoms with Crippen molar-refractivity contribution in [1.82, 2.24) is 9.55 Å². The minimum atomic E-state index is -1.24. The molecule has 0 bridgehead atoms. The van der Waals surface area contributed by atoms with Gasteiger partial charge in [-0.05, 0) is 46.1 Å². The van der Waals surface area contributed by atoms with Crippen molar-refractivity contribution >= 4 is 40.2 Å². The van der Waals surface area contributed by atoms with Gasteiger partial charge >= 0.3 is 5.97 Å². The Balaban J connectivity index is 2.39. The van der Waals surface area contributed by atoms with Crippen LogP contribution in [0.4, 0.5) is 0 Å². The van der Waals surface area contributed by atoms with Gasteiger partial charge in [0.1, 0.15) is 9.26 Å². The number of aromatic nitrogens is 2. The van der Waals surface area contributed by atoms with Crippen molar-refractivity contribution in [3.05, 3.63) is 54.7 Å². The lowest BCUT2D eigenvalue weighted by atomic mass is 9.83. The molecule has 0 radical (unpaired) electrons. The van der Waals surface area contributed by atoms with Gasteiger partial charge in [-0.3, -0.25) is 4.79 Å².